The SMILES string of the molecule is C[C@@H](OC(=O)c1cc2c(s1)CCC2)C(=O)c1c[nH]c2ccccc12. The van der Waals surface area contributed by atoms with Crippen LogP contribution in [0.4, 0.5) is 0 Å². The van der Waals surface area contributed by atoms with Gasteiger partial charge in [-0.05, 0) is 43.9 Å². The molecule has 2 aromatic heterocycles. The quantitative estimate of drug-likeness (QED) is 0.574. The van der Waals surface area contributed by atoms with Gasteiger partial charge in [0.05, 0.1) is 0 Å². The summed E-state index contributed by atoms with van der Waals surface area (Å²) in [6, 6.07) is 9.51. The molecule has 4 nitrogen and oxygen atoms in total. The summed E-state index contributed by atoms with van der Waals surface area (Å²) in [4.78, 5) is 29.9. The van der Waals surface area contributed by atoms with Crippen molar-refractivity contribution in [1.29, 1.82) is 0 Å². The van der Waals surface area contributed by atoms with Gasteiger partial charge in [0.2, 0.25) is 5.78 Å². The fourth-order valence-electron chi connectivity index (χ4n) is 3.20. The molecule has 1 N–H and O–H groups in total. The number of fused-ring (bicyclic) bond motifs is 2. The molecule has 0 bridgehead atoms. The van der Waals surface area contributed by atoms with Crippen molar-refractivity contribution in [2.24, 2.45) is 0 Å². The number of ketones is 1. The van der Waals surface area contributed by atoms with Gasteiger partial charge in [0.25, 0.3) is 0 Å². The Hall–Kier alpha value is -2.40. The van der Waals surface area contributed by atoms with Crippen LogP contribution < -0.4 is 0 Å². The zero-order valence-electron chi connectivity index (χ0n) is 13.3. The molecule has 0 unspecified atom stereocenters. The molecule has 1 aliphatic carbocycles. The molecule has 1 aromatic carbocycles. The van der Waals surface area contributed by atoms with E-state index in [1.54, 1.807) is 13.1 Å². The number of carbonyl (C=O) groups excluding carboxylic acids is 2. The van der Waals surface area contributed by atoms with Crippen LogP contribution >= 0.6 is 11.3 Å². The largest absolute Gasteiger partial charge is 0.450 e. The lowest BCUT2D eigenvalue weighted by atomic mass is 10.1. The number of thiophene rings is 1. The number of rotatable bonds is 4. The highest BCUT2D eigenvalue weighted by Crippen LogP contribution is 2.31. The van der Waals surface area contributed by atoms with Crippen molar-refractivity contribution in [3.8, 4) is 0 Å². The Morgan fingerprint density at radius 1 is 1.25 bits per heavy atom. The number of para-hydroxylation sites is 1. The third kappa shape index (κ3) is 2.55. The highest BCUT2D eigenvalue weighted by Gasteiger charge is 2.25. The second-order valence-corrected chi connectivity index (χ2v) is 7.21. The molecule has 122 valence electrons. The Kier molecular flexibility index (Phi) is 3.73. The molecule has 3 aromatic rings. The standard InChI is InChI=1S/C19H17NO3S/c1-11(18(21)14-10-20-15-7-3-2-6-13(14)15)23-19(22)17-9-12-5-4-8-16(12)24-17/h2-3,6-7,9-11,20H,4-5,8H2,1H3/t11-/m1/s1. The van der Waals surface area contributed by atoms with Crippen LogP contribution in [0.25, 0.3) is 10.9 Å². The average Bonchev–Trinajstić information content (AvgIpc) is 3.27. The van der Waals surface area contributed by atoms with Crippen LogP contribution in [0.1, 0.15) is 43.8 Å². The van der Waals surface area contributed by atoms with Crippen LogP contribution in [0.3, 0.4) is 0 Å². The molecule has 2 heterocycles. The zero-order valence-corrected chi connectivity index (χ0v) is 14.1. The minimum Gasteiger partial charge on any atom is -0.450 e. The predicted molar refractivity (Wildman–Crippen MR) is 93.9 cm³/mol. The minimum absolute atomic E-state index is 0.190. The average molecular weight is 339 g/mol. The van der Waals surface area contributed by atoms with E-state index in [1.165, 1.54) is 21.8 Å². The molecule has 0 amide bonds. The van der Waals surface area contributed by atoms with Gasteiger partial charge in [-0.1, -0.05) is 18.2 Å². The Morgan fingerprint density at radius 3 is 2.92 bits per heavy atom. The van der Waals surface area contributed by atoms with E-state index in [0.29, 0.717) is 10.4 Å². The molecule has 4 rings (SSSR count). The maximum absolute atomic E-state index is 12.6. The van der Waals surface area contributed by atoms with Gasteiger partial charge in [-0.25, -0.2) is 4.79 Å². The Morgan fingerprint density at radius 2 is 2.08 bits per heavy atom. The number of esters is 1. The van der Waals surface area contributed by atoms with Gasteiger partial charge >= 0.3 is 5.97 Å². The number of ether oxygens (including phenoxy) is 1. The molecule has 0 fully saturated rings. The maximum atomic E-state index is 12.6. The van der Waals surface area contributed by atoms with Crippen LogP contribution in [0.2, 0.25) is 0 Å². The predicted octanol–water partition coefficient (Wildman–Crippen LogP) is 4.15. The van der Waals surface area contributed by atoms with Gasteiger partial charge < -0.3 is 9.72 Å². The van der Waals surface area contributed by atoms with Crippen molar-refractivity contribution in [2.45, 2.75) is 32.3 Å². The third-order valence-corrected chi connectivity index (χ3v) is 5.67. The first-order valence-corrected chi connectivity index (χ1v) is 8.88. The second kappa shape index (κ2) is 5.91. The lowest BCUT2D eigenvalue weighted by Gasteiger charge is -2.11. The summed E-state index contributed by atoms with van der Waals surface area (Å²) in [5.74, 6) is -0.597. The molecular weight excluding hydrogens is 322 g/mol. The van der Waals surface area contributed by atoms with E-state index >= 15 is 0 Å². The highest BCUT2D eigenvalue weighted by molar-refractivity contribution is 7.14. The van der Waals surface area contributed by atoms with E-state index in [-0.39, 0.29) is 5.78 Å². The minimum atomic E-state index is -0.811. The molecule has 0 saturated heterocycles. The summed E-state index contributed by atoms with van der Waals surface area (Å²) < 4.78 is 5.42. The number of aromatic nitrogens is 1. The smallest absolute Gasteiger partial charge is 0.349 e. The van der Waals surface area contributed by atoms with Crippen LogP contribution in [-0.2, 0) is 17.6 Å². The summed E-state index contributed by atoms with van der Waals surface area (Å²) in [6.07, 6.45) is 4.09. The first-order chi connectivity index (χ1) is 11.6. The normalized spacial score (nSPS) is 14.5. The summed E-state index contributed by atoms with van der Waals surface area (Å²) in [6.45, 7) is 1.63. The molecule has 0 spiro atoms. The van der Waals surface area contributed by atoms with Crippen molar-refractivity contribution in [2.75, 3.05) is 0 Å². The van der Waals surface area contributed by atoms with E-state index in [0.717, 1.165) is 30.2 Å². The van der Waals surface area contributed by atoms with Gasteiger partial charge in [-0.2, -0.15) is 0 Å². The molecule has 24 heavy (non-hydrogen) atoms. The topological polar surface area (TPSA) is 59.2 Å². The van der Waals surface area contributed by atoms with Gasteiger partial charge in [0.1, 0.15) is 4.88 Å². The molecule has 1 aliphatic rings. The molecule has 0 aliphatic heterocycles. The van der Waals surface area contributed by atoms with Crippen LogP contribution in [0, 0.1) is 0 Å². The van der Waals surface area contributed by atoms with E-state index in [2.05, 4.69) is 4.98 Å². The number of aryl methyl sites for hydroxylation is 2. The summed E-state index contributed by atoms with van der Waals surface area (Å²) >= 11 is 1.49. The lowest BCUT2D eigenvalue weighted by Crippen LogP contribution is -2.24. The van der Waals surface area contributed by atoms with Crippen molar-refractivity contribution in [3.05, 3.63) is 57.4 Å². The van der Waals surface area contributed by atoms with Crippen LogP contribution in [-0.4, -0.2) is 22.8 Å². The number of aromatic amines is 1. The lowest BCUT2D eigenvalue weighted by molar-refractivity contribution is 0.0324. The summed E-state index contributed by atoms with van der Waals surface area (Å²) in [5, 5.41) is 0.848. The fourth-order valence-corrected chi connectivity index (χ4v) is 4.33. The van der Waals surface area contributed by atoms with Gasteiger partial charge in [0, 0.05) is 27.5 Å². The van der Waals surface area contributed by atoms with E-state index in [4.69, 9.17) is 4.74 Å². The van der Waals surface area contributed by atoms with Crippen LogP contribution in [0.15, 0.2) is 36.5 Å². The van der Waals surface area contributed by atoms with E-state index in [1.807, 2.05) is 30.3 Å². The molecular formula is C19H17NO3S. The van der Waals surface area contributed by atoms with Gasteiger partial charge in [-0.15, -0.1) is 11.3 Å². The first-order valence-electron chi connectivity index (χ1n) is 8.06. The Balaban J connectivity index is 1.51. The van der Waals surface area contributed by atoms with Crippen LogP contribution in [0.5, 0.6) is 0 Å². The first kappa shape index (κ1) is 15.1. The number of hydrogen-bond donors (Lipinski definition) is 1. The van der Waals surface area contributed by atoms with E-state index in [9.17, 15) is 9.59 Å². The molecule has 1 atom stereocenters. The molecule has 0 saturated carbocycles. The van der Waals surface area contributed by atoms with Crippen molar-refractivity contribution in [1.82, 2.24) is 4.98 Å². The Labute approximate surface area is 143 Å². The number of H-pyrrole nitrogens is 1. The van der Waals surface area contributed by atoms with Crippen molar-refractivity contribution in [3.63, 3.8) is 0 Å². The number of carbonyl (C=O) groups is 2. The summed E-state index contributed by atoms with van der Waals surface area (Å²) in [5.41, 5.74) is 2.70. The molecule has 5 heteroatoms. The second-order valence-electron chi connectivity index (χ2n) is 6.07. The van der Waals surface area contributed by atoms with Gasteiger partial charge in [0.15, 0.2) is 6.10 Å². The van der Waals surface area contributed by atoms with Crippen molar-refractivity contribution < 1.29 is 14.3 Å². The van der Waals surface area contributed by atoms with Crippen molar-refractivity contribution >= 4 is 34.0 Å². The number of hydrogen-bond acceptors (Lipinski definition) is 4. The summed E-state index contributed by atoms with van der Waals surface area (Å²) in [7, 11) is 0. The fraction of sp³-hybridized carbons (Fsp3) is 0.263. The third-order valence-electron chi connectivity index (χ3n) is 4.46. The molecule has 0 radical (unpaired) electrons. The maximum Gasteiger partial charge on any atom is 0.349 e. The monoisotopic (exact) mass is 339 g/mol. The highest BCUT2D eigenvalue weighted by atomic mass is 32.1. The van der Waals surface area contributed by atoms with Gasteiger partial charge in [-0.3, -0.25) is 4.79 Å². The number of benzene rings is 1. The number of Topliss-reactive ketones (excluding diaryl/α,β-unsaturated/α-hetero) is 1. The van der Waals surface area contributed by atoms with E-state index < -0.39 is 12.1 Å². The Bertz CT molecular complexity index is 916. The zero-order chi connectivity index (χ0) is 16.7. The number of nitrogens with one attached hydrogen (secondary N) is 1.